The lowest BCUT2D eigenvalue weighted by Crippen LogP contribution is -2.45. The molecule has 1 saturated heterocycles. The molecule has 1 fully saturated rings. The van der Waals surface area contributed by atoms with Crippen molar-refractivity contribution in [1.82, 2.24) is 10.3 Å². The number of methoxy groups -OCH3 is 1. The van der Waals surface area contributed by atoms with E-state index in [1.807, 2.05) is 0 Å². The summed E-state index contributed by atoms with van der Waals surface area (Å²) < 4.78 is 9.98. The number of carbonyl (C=O) groups is 2. The van der Waals surface area contributed by atoms with Crippen LogP contribution >= 0.6 is 0 Å². The third-order valence-electron chi connectivity index (χ3n) is 3.02. The van der Waals surface area contributed by atoms with Crippen molar-refractivity contribution in [3.8, 4) is 0 Å². The SMILES string of the molecule is COCCOCC(=O)N1CCC(C(=O)NN)CC1. The van der Waals surface area contributed by atoms with Gasteiger partial charge in [0.05, 0.1) is 13.2 Å². The predicted octanol–water partition coefficient (Wildman–Crippen LogP) is -1.12. The standard InChI is InChI=1S/C11H21N3O4/c1-17-6-7-18-8-10(15)14-4-2-9(3-5-14)11(16)13-12/h9H,2-8,12H2,1H3,(H,13,16). The maximum atomic E-state index is 11.7. The van der Waals surface area contributed by atoms with Gasteiger partial charge in [0, 0.05) is 26.1 Å². The third kappa shape index (κ3) is 4.59. The van der Waals surface area contributed by atoms with Gasteiger partial charge >= 0.3 is 0 Å². The number of nitrogens with zero attached hydrogens (tertiary/aromatic N) is 1. The van der Waals surface area contributed by atoms with Crippen LogP contribution in [0.5, 0.6) is 0 Å². The number of carbonyl (C=O) groups excluding carboxylic acids is 2. The molecule has 1 heterocycles. The van der Waals surface area contributed by atoms with E-state index in [1.165, 1.54) is 0 Å². The van der Waals surface area contributed by atoms with Gasteiger partial charge in [0.2, 0.25) is 11.8 Å². The van der Waals surface area contributed by atoms with Crippen LogP contribution in [0.15, 0.2) is 0 Å². The van der Waals surface area contributed by atoms with Gasteiger partial charge in [-0.05, 0) is 12.8 Å². The first-order valence-electron chi connectivity index (χ1n) is 6.04. The van der Waals surface area contributed by atoms with Gasteiger partial charge in [-0.15, -0.1) is 0 Å². The van der Waals surface area contributed by atoms with Gasteiger partial charge in [-0.2, -0.15) is 0 Å². The largest absolute Gasteiger partial charge is 0.382 e. The quantitative estimate of drug-likeness (QED) is 0.273. The fourth-order valence-corrected chi connectivity index (χ4v) is 1.90. The van der Waals surface area contributed by atoms with Crippen LogP contribution in [-0.4, -0.2) is 56.7 Å². The molecule has 18 heavy (non-hydrogen) atoms. The monoisotopic (exact) mass is 259 g/mol. The molecular formula is C11H21N3O4. The second-order valence-corrected chi connectivity index (χ2v) is 4.21. The van der Waals surface area contributed by atoms with Crippen LogP contribution in [0.4, 0.5) is 0 Å². The highest BCUT2D eigenvalue weighted by Gasteiger charge is 2.26. The normalized spacial score (nSPS) is 16.7. The molecule has 104 valence electrons. The van der Waals surface area contributed by atoms with E-state index in [0.717, 1.165) is 0 Å². The Morgan fingerprint density at radius 1 is 1.33 bits per heavy atom. The maximum Gasteiger partial charge on any atom is 0.248 e. The average Bonchev–Trinajstić information content (AvgIpc) is 2.42. The molecule has 1 rings (SSSR count). The van der Waals surface area contributed by atoms with Crippen molar-refractivity contribution < 1.29 is 19.1 Å². The molecule has 1 aliphatic heterocycles. The molecule has 0 spiro atoms. The molecule has 7 nitrogen and oxygen atoms in total. The number of amides is 2. The summed E-state index contributed by atoms with van der Waals surface area (Å²) in [6, 6.07) is 0. The molecule has 0 aromatic heterocycles. The van der Waals surface area contributed by atoms with Gasteiger partial charge in [-0.3, -0.25) is 15.0 Å². The Morgan fingerprint density at radius 2 is 2.00 bits per heavy atom. The van der Waals surface area contributed by atoms with Crippen LogP contribution < -0.4 is 11.3 Å². The molecule has 0 atom stereocenters. The van der Waals surface area contributed by atoms with Gasteiger partial charge < -0.3 is 14.4 Å². The second kappa shape index (κ2) is 8.02. The number of rotatable bonds is 6. The third-order valence-corrected chi connectivity index (χ3v) is 3.02. The predicted molar refractivity (Wildman–Crippen MR) is 64.3 cm³/mol. The molecule has 2 amide bonds. The van der Waals surface area contributed by atoms with Crippen molar-refractivity contribution in [3.05, 3.63) is 0 Å². The van der Waals surface area contributed by atoms with E-state index in [0.29, 0.717) is 39.1 Å². The lowest BCUT2D eigenvalue weighted by Gasteiger charge is -2.30. The zero-order valence-corrected chi connectivity index (χ0v) is 10.7. The summed E-state index contributed by atoms with van der Waals surface area (Å²) in [5.41, 5.74) is 2.15. The van der Waals surface area contributed by atoms with Crippen molar-refractivity contribution in [2.24, 2.45) is 11.8 Å². The maximum absolute atomic E-state index is 11.7. The van der Waals surface area contributed by atoms with Crippen LogP contribution in [0.2, 0.25) is 0 Å². The van der Waals surface area contributed by atoms with Crippen molar-refractivity contribution in [2.45, 2.75) is 12.8 Å². The molecule has 3 N–H and O–H groups in total. The summed E-state index contributed by atoms with van der Waals surface area (Å²) in [6.45, 7) is 2.10. The molecular weight excluding hydrogens is 238 g/mol. The van der Waals surface area contributed by atoms with Gasteiger partial charge in [0.25, 0.3) is 0 Å². The minimum Gasteiger partial charge on any atom is -0.382 e. The van der Waals surface area contributed by atoms with E-state index >= 15 is 0 Å². The Labute approximate surface area is 107 Å². The number of hydrogen-bond acceptors (Lipinski definition) is 5. The van der Waals surface area contributed by atoms with E-state index in [2.05, 4.69) is 5.43 Å². The van der Waals surface area contributed by atoms with Crippen LogP contribution in [0.25, 0.3) is 0 Å². The van der Waals surface area contributed by atoms with Crippen LogP contribution in [0, 0.1) is 5.92 Å². The summed E-state index contributed by atoms with van der Waals surface area (Å²) in [5.74, 6) is 4.79. The summed E-state index contributed by atoms with van der Waals surface area (Å²) in [5, 5.41) is 0. The fourth-order valence-electron chi connectivity index (χ4n) is 1.90. The Balaban J connectivity index is 2.21. The minimum absolute atomic E-state index is 0.0438. The van der Waals surface area contributed by atoms with E-state index in [-0.39, 0.29) is 24.3 Å². The molecule has 0 aromatic carbocycles. The number of nitrogens with one attached hydrogen (secondary N) is 1. The Kier molecular flexibility index (Phi) is 6.63. The van der Waals surface area contributed by atoms with Gasteiger partial charge in [-0.1, -0.05) is 0 Å². The highest BCUT2D eigenvalue weighted by molar-refractivity contribution is 5.80. The van der Waals surface area contributed by atoms with E-state index in [4.69, 9.17) is 15.3 Å². The molecule has 1 aliphatic rings. The summed E-state index contributed by atoms with van der Waals surface area (Å²) in [4.78, 5) is 24.8. The number of hydrogen-bond donors (Lipinski definition) is 2. The Hall–Kier alpha value is -1.18. The van der Waals surface area contributed by atoms with Crippen molar-refractivity contribution >= 4 is 11.8 Å². The highest BCUT2D eigenvalue weighted by atomic mass is 16.5. The number of ether oxygens (including phenoxy) is 2. The fraction of sp³-hybridized carbons (Fsp3) is 0.818. The molecule has 0 radical (unpaired) electrons. The van der Waals surface area contributed by atoms with Crippen LogP contribution in [0.3, 0.4) is 0 Å². The first-order valence-corrected chi connectivity index (χ1v) is 6.04. The molecule has 0 saturated carbocycles. The average molecular weight is 259 g/mol. The number of nitrogens with two attached hydrogens (primary N) is 1. The highest BCUT2D eigenvalue weighted by Crippen LogP contribution is 2.17. The van der Waals surface area contributed by atoms with E-state index in [9.17, 15) is 9.59 Å². The zero-order valence-electron chi connectivity index (χ0n) is 10.7. The summed E-state index contributed by atoms with van der Waals surface area (Å²) >= 11 is 0. The molecule has 0 aliphatic carbocycles. The lowest BCUT2D eigenvalue weighted by atomic mass is 9.96. The Morgan fingerprint density at radius 3 is 2.56 bits per heavy atom. The smallest absolute Gasteiger partial charge is 0.248 e. The first kappa shape index (κ1) is 14.9. The molecule has 0 unspecified atom stereocenters. The zero-order chi connectivity index (χ0) is 13.4. The number of likely N-dealkylation sites (tertiary alicyclic amines) is 1. The van der Waals surface area contributed by atoms with Gasteiger partial charge in [-0.25, -0.2) is 5.84 Å². The Bertz CT molecular complexity index is 277. The van der Waals surface area contributed by atoms with Crippen molar-refractivity contribution in [2.75, 3.05) is 40.0 Å². The van der Waals surface area contributed by atoms with Crippen molar-refractivity contribution in [3.63, 3.8) is 0 Å². The summed E-state index contributed by atoms with van der Waals surface area (Å²) in [6.07, 6.45) is 1.29. The van der Waals surface area contributed by atoms with Crippen molar-refractivity contribution in [1.29, 1.82) is 0 Å². The lowest BCUT2D eigenvalue weighted by molar-refractivity contribution is -0.140. The topological polar surface area (TPSA) is 93.9 Å². The van der Waals surface area contributed by atoms with Crippen LogP contribution in [0.1, 0.15) is 12.8 Å². The van der Waals surface area contributed by atoms with Gasteiger partial charge in [0.1, 0.15) is 6.61 Å². The molecule has 0 bridgehead atoms. The van der Waals surface area contributed by atoms with Gasteiger partial charge in [0.15, 0.2) is 0 Å². The number of hydrazine groups is 1. The van der Waals surface area contributed by atoms with E-state index in [1.54, 1.807) is 12.0 Å². The molecule has 7 heteroatoms. The summed E-state index contributed by atoms with van der Waals surface area (Å²) in [7, 11) is 1.58. The first-order chi connectivity index (χ1) is 8.69. The second-order valence-electron chi connectivity index (χ2n) is 4.21. The minimum atomic E-state index is -0.154. The number of piperidine rings is 1. The molecule has 0 aromatic rings. The van der Waals surface area contributed by atoms with E-state index < -0.39 is 0 Å². The van der Waals surface area contributed by atoms with Crippen LogP contribution in [-0.2, 0) is 19.1 Å².